The highest BCUT2D eigenvalue weighted by Crippen LogP contribution is 2.44. The summed E-state index contributed by atoms with van der Waals surface area (Å²) >= 11 is 0. The van der Waals surface area contributed by atoms with Crippen LogP contribution in [-0.2, 0) is 63.8 Å². The van der Waals surface area contributed by atoms with E-state index in [4.69, 9.17) is 9.47 Å². The molecule has 0 amide bonds. The Morgan fingerprint density at radius 2 is 1.01 bits per heavy atom. The number of fused-ring (bicyclic) bond motifs is 1. The zero-order valence-corrected chi connectivity index (χ0v) is 42.8. The summed E-state index contributed by atoms with van der Waals surface area (Å²) in [4.78, 5) is 0. The van der Waals surface area contributed by atoms with Crippen molar-refractivity contribution in [3.05, 3.63) is 271 Å². The third kappa shape index (κ3) is 12.0. The van der Waals surface area contributed by atoms with Gasteiger partial charge in [0.05, 0.1) is 33.0 Å². The lowest BCUT2D eigenvalue weighted by molar-refractivity contribution is 0.0777. The molecule has 0 radical (unpaired) electrons. The molecule has 0 aliphatic heterocycles. The Hall–Kier alpha value is -7.68. The molecule has 0 aliphatic carbocycles. The van der Waals surface area contributed by atoms with E-state index in [2.05, 4.69) is 91.0 Å². The van der Waals surface area contributed by atoms with Gasteiger partial charge in [-0.05, 0) is 213 Å². The Labute approximate surface area is 435 Å². The second-order valence-electron chi connectivity index (χ2n) is 20.2. The molecule has 1 unspecified atom stereocenters. The molecule has 0 spiro atoms. The summed E-state index contributed by atoms with van der Waals surface area (Å²) in [6.45, 7) is 3.43. The normalized spacial score (nSPS) is 12.0. The van der Waals surface area contributed by atoms with Gasteiger partial charge in [0.25, 0.3) is 0 Å². The van der Waals surface area contributed by atoms with Crippen LogP contribution in [0.2, 0.25) is 0 Å². The lowest BCUT2D eigenvalue weighted by Gasteiger charge is -2.30. The van der Waals surface area contributed by atoms with Crippen molar-refractivity contribution in [1.82, 2.24) is 0 Å². The van der Waals surface area contributed by atoms with Gasteiger partial charge in [-0.25, -0.2) is 0 Å². The van der Waals surface area contributed by atoms with Crippen molar-refractivity contribution < 1.29 is 35.0 Å². The molecule has 0 fully saturated rings. The minimum absolute atomic E-state index is 0.0751. The SMILES string of the molecule is COc1ccc(Cc2c(C(Cc3cccc(CO)c3)Cc3ccc(CO)c(Cc4ccccc4C(C)(C)O)c3)c(Cc3cccc(OC)c3)c3cccc(Cc4ccc(O)cc4)c3c2Cc2cccc(O)c2)cc1. The molecule has 0 aromatic heterocycles. The van der Waals surface area contributed by atoms with Gasteiger partial charge in [0.15, 0.2) is 0 Å². The van der Waals surface area contributed by atoms with Gasteiger partial charge in [-0.15, -0.1) is 0 Å². The Morgan fingerprint density at radius 1 is 0.419 bits per heavy atom. The van der Waals surface area contributed by atoms with Gasteiger partial charge in [0, 0.05) is 0 Å². The van der Waals surface area contributed by atoms with Crippen LogP contribution in [0.25, 0.3) is 10.8 Å². The van der Waals surface area contributed by atoms with Gasteiger partial charge in [-0.3, -0.25) is 0 Å². The third-order valence-corrected chi connectivity index (χ3v) is 14.5. The molecule has 9 aromatic rings. The highest BCUT2D eigenvalue weighted by atomic mass is 16.5. The van der Waals surface area contributed by atoms with Crippen molar-refractivity contribution >= 4 is 10.8 Å². The predicted molar refractivity (Wildman–Crippen MR) is 297 cm³/mol. The summed E-state index contributed by atoms with van der Waals surface area (Å²) in [5, 5.41) is 56.3. The smallest absolute Gasteiger partial charge is 0.119 e. The van der Waals surface area contributed by atoms with Gasteiger partial charge in [-0.2, -0.15) is 0 Å². The molecule has 9 aromatic carbocycles. The molecule has 1 atom stereocenters. The fourth-order valence-electron chi connectivity index (χ4n) is 11.0. The quantitative estimate of drug-likeness (QED) is 0.0516. The lowest BCUT2D eigenvalue weighted by atomic mass is 9.73. The van der Waals surface area contributed by atoms with Crippen LogP contribution >= 0.6 is 0 Å². The van der Waals surface area contributed by atoms with Gasteiger partial charge in [0.1, 0.15) is 23.0 Å². The molecule has 0 saturated carbocycles. The van der Waals surface area contributed by atoms with Crippen LogP contribution in [0.4, 0.5) is 0 Å². The van der Waals surface area contributed by atoms with Crippen molar-refractivity contribution in [2.45, 2.75) is 83.5 Å². The summed E-state index contributed by atoms with van der Waals surface area (Å²) in [7, 11) is 3.39. The van der Waals surface area contributed by atoms with E-state index in [0.717, 1.165) is 89.0 Å². The molecule has 5 N–H and O–H groups in total. The number of hydrogen-bond donors (Lipinski definition) is 5. The molecule has 0 aliphatic rings. The van der Waals surface area contributed by atoms with E-state index in [9.17, 15) is 25.5 Å². The number of aliphatic hydroxyl groups excluding tert-OH is 2. The van der Waals surface area contributed by atoms with Crippen molar-refractivity contribution in [3.8, 4) is 23.0 Å². The van der Waals surface area contributed by atoms with Crippen LogP contribution in [0.3, 0.4) is 0 Å². The fourth-order valence-corrected chi connectivity index (χ4v) is 11.0. The molecule has 0 bridgehead atoms. The second-order valence-corrected chi connectivity index (χ2v) is 20.2. The van der Waals surface area contributed by atoms with E-state index < -0.39 is 5.60 Å². The first-order valence-corrected chi connectivity index (χ1v) is 25.5. The molecule has 74 heavy (non-hydrogen) atoms. The summed E-state index contributed by atoms with van der Waals surface area (Å²) in [6, 6.07) is 61.2. The van der Waals surface area contributed by atoms with E-state index in [1.807, 2.05) is 86.6 Å². The Bertz CT molecular complexity index is 3370. The Balaban J connectivity index is 1.36. The Kier molecular flexibility index (Phi) is 15.9. The number of phenols is 2. The number of ether oxygens (including phenoxy) is 2. The van der Waals surface area contributed by atoms with E-state index in [1.165, 1.54) is 22.3 Å². The summed E-state index contributed by atoms with van der Waals surface area (Å²) < 4.78 is 11.5. The van der Waals surface area contributed by atoms with Crippen molar-refractivity contribution in [2.75, 3.05) is 14.2 Å². The van der Waals surface area contributed by atoms with E-state index in [0.29, 0.717) is 44.9 Å². The topological polar surface area (TPSA) is 120 Å². The van der Waals surface area contributed by atoms with Crippen LogP contribution < -0.4 is 9.47 Å². The first-order chi connectivity index (χ1) is 35.9. The van der Waals surface area contributed by atoms with Crippen LogP contribution in [0.15, 0.2) is 182 Å². The van der Waals surface area contributed by atoms with Crippen molar-refractivity contribution in [3.63, 3.8) is 0 Å². The number of benzene rings is 9. The summed E-state index contributed by atoms with van der Waals surface area (Å²) in [5.41, 5.74) is 15.9. The van der Waals surface area contributed by atoms with Crippen molar-refractivity contribution in [1.29, 1.82) is 0 Å². The number of phenolic OH excluding ortho intramolecular Hbond substituents is 2. The molecule has 376 valence electrons. The monoisotopic (exact) mass is 982 g/mol. The van der Waals surface area contributed by atoms with Gasteiger partial charge in [0.2, 0.25) is 0 Å². The molecule has 0 heterocycles. The highest BCUT2D eigenvalue weighted by Gasteiger charge is 2.29. The predicted octanol–water partition coefficient (Wildman–Crippen LogP) is 13.0. The Morgan fingerprint density at radius 3 is 1.73 bits per heavy atom. The van der Waals surface area contributed by atoms with Crippen LogP contribution in [0.1, 0.15) is 109 Å². The molecule has 7 heteroatoms. The number of methoxy groups -OCH3 is 2. The first-order valence-electron chi connectivity index (χ1n) is 25.5. The summed E-state index contributed by atoms with van der Waals surface area (Å²) in [5.74, 6) is 1.85. The van der Waals surface area contributed by atoms with Gasteiger partial charge >= 0.3 is 0 Å². The maximum atomic E-state index is 11.3. The minimum Gasteiger partial charge on any atom is -0.508 e. The first kappa shape index (κ1) is 51.2. The molecular formula is C67H66O7. The average Bonchev–Trinajstić information content (AvgIpc) is 3.41. The maximum Gasteiger partial charge on any atom is 0.119 e. The van der Waals surface area contributed by atoms with Crippen molar-refractivity contribution in [2.24, 2.45) is 0 Å². The third-order valence-electron chi connectivity index (χ3n) is 14.5. The van der Waals surface area contributed by atoms with E-state index in [-0.39, 0.29) is 30.6 Å². The standard InChI is InChI=1S/C67H66O7/c1-67(2,72)64-20-6-5-15-51(64)41-54-33-49(21-26-53(54)43-69)35-55(34-46-11-7-14-50(31-46)42-68)66-61(40-48-13-9-18-59(37-48)74-4)60-19-10-16-52(32-44-22-27-56(70)28-23-44)65(60)63(39-47-12-8-17-57(71)36-47)62(66)38-45-24-29-58(73-3)30-25-45/h5-31,33,36-37,55,68-72H,32,34-35,38-43H2,1-4H3. The number of aromatic hydroxyl groups is 2. The lowest BCUT2D eigenvalue weighted by Crippen LogP contribution is -2.18. The minimum atomic E-state index is -1.06. The second kappa shape index (κ2) is 23.0. The van der Waals surface area contributed by atoms with Crippen LogP contribution in [0.5, 0.6) is 23.0 Å². The van der Waals surface area contributed by atoms with Crippen LogP contribution in [-0.4, -0.2) is 39.8 Å². The zero-order chi connectivity index (χ0) is 51.8. The summed E-state index contributed by atoms with van der Waals surface area (Å²) in [6.07, 6.45) is 4.18. The molecular weight excluding hydrogens is 917 g/mol. The maximum absolute atomic E-state index is 11.3. The number of rotatable bonds is 20. The average molecular weight is 983 g/mol. The largest absolute Gasteiger partial charge is 0.508 e. The zero-order valence-electron chi connectivity index (χ0n) is 42.8. The highest BCUT2D eigenvalue weighted by molar-refractivity contribution is 5.95. The number of hydrogen-bond acceptors (Lipinski definition) is 7. The van der Waals surface area contributed by atoms with Crippen LogP contribution in [0, 0.1) is 0 Å². The molecule has 7 nitrogen and oxygen atoms in total. The van der Waals surface area contributed by atoms with E-state index in [1.54, 1.807) is 32.4 Å². The number of aliphatic hydroxyl groups is 3. The van der Waals surface area contributed by atoms with E-state index >= 15 is 0 Å². The fraction of sp³-hybridized carbons (Fsp3) is 0.224. The van der Waals surface area contributed by atoms with Gasteiger partial charge < -0.3 is 35.0 Å². The molecule has 9 rings (SSSR count). The molecule has 0 saturated heterocycles. The van der Waals surface area contributed by atoms with Gasteiger partial charge in [-0.1, -0.05) is 133 Å².